The molecule has 0 bridgehead atoms. The average molecular weight is 491 g/mol. The lowest BCUT2D eigenvalue weighted by Gasteiger charge is -2.34. The van der Waals surface area contributed by atoms with Gasteiger partial charge < -0.3 is 34.7 Å². The fraction of sp³-hybridized carbons (Fsp3) is 0.522. The van der Waals surface area contributed by atoms with Crippen LogP contribution < -0.4 is 20.1 Å². The number of aliphatic hydroxyl groups excluding tert-OH is 1. The maximum Gasteiger partial charge on any atom is 0.260 e. The van der Waals surface area contributed by atoms with Gasteiger partial charge in [-0.1, -0.05) is 0 Å². The second kappa shape index (κ2) is 13.1. The van der Waals surface area contributed by atoms with E-state index in [2.05, 4.69) is 25.1 Å². The van der Waals surface area contributed by atoms with Crippen LogP contribution in [0.2, 0.25) is 0 Å². The van der Waals surface area contributed by atoms with Crippen molar-refractivity contribution in [1.82, 2.24) is 24.7 Å². The van der Waals surface area contributed by atoms with E-state index in [0.717, 1.165) is 44.0 Å². The molecule has 11 heteroatoms. The largest absolute Gasteiger partial charge is 0.493 e. The predicted molar refractivity (Wildman–Crippen MR) is 134 cm³/mol. The molecule has 3 N–H and O–H groups in total. The molecule has 0 spiro atoms. The quantitative estimate of drug-likeness (QED) is 0.315. The van der Waals surface area contributed by atoms with E-state index < -0.39 is 0 Å². The van der Waals surface area contributed by atoms with E-state index in [1.807, 2.05) is 25.5 Å². The number of hydrogen-bond acceptors (Lipinski definition) is 7. The second-order valence-electron chi connectivity index (χ2n) is 8.06. The maximum atomic E-state index is 12.5. The third-order valence-corrected chi connectivity index (χ3v) is 5.94. The topological polar surface area (TPSA) is 104 Å². The summed E-state index contributed by atoms with van der Waals surface area (Å²) in [4.78, 5) is 20.6. The van der Waals surface area contributed by atoms with Gasteiger partial charge in [0.05, 0.1) is 20.0 Å². The highest BCUT2D eigenvalue weighted by Gasteiger charge is 2.21. The molecule has 1 aromatic carbocycles. The van der Waals surface area contributed by atoms with E-state index in [1.54, 1.807) is 24.1 Å². The van der Waals surface area contributed by atoms with Crippen LogP contribution >= 0.6 is 12.2 Å². The monoisotopic (exact) mass is 490 g/mol. The Morgan fingerprint density at radius 2 is 2.00 bits per heavy atom. The molecular weight excluding hydrogens is 456 g/mol. The fourth-order valence-corrected chi connectivity index (χ4v) is 3.93. The first-order chi connectivity index (χ1) is 16.5. The number of hydrogen-bond donors (Lipinski definition) is 3. The smallest absolute Gasteiger partial charge is 0.260 e. The van der Waals surface area contributed by atoms with Crippen molar-refractivity contribution in [1.29, 1.82) is 0 Å². The number of benzene rings is 1. The molecule has 3 rings (SSSR count). The molecule has 1 aromatic heterocycles. The fourth-order valence-electron chi connectivity index (χ4n) is 3.71. The SMILES string of the molecule is COc1cc(NC(=S)NCCCn2cncc2C)ccc1OCC(=O)N1CCN(CCO)CC1. The molecule has 2 aromatic rings. The summed E-state index contributed by atoms with van der Waals surface area (Å²) in [7, 11) is 1.56. The Morgan fingerprint density at radius 3 is 2.68 bits per heavy atom. The zero-order chi connectivity index (χ0) is 24.3. The number of nitrogens with one attached hydrogen (secondary N) is 2. The number of ether oxygens (including phenoxy) is 2. The Labute approximate surface area is 205 Å². The predicted octanol–water partition coefficient (Wildman–Crippen LogP) is 1.09. The van der Waals surface area contributed by atoms with Crippen LogP contribution in [0.25, 0.3) is 0 Å². The third kappa shape index (κ3) is 7.57. The highest BCUT2D eigenvalue weighted by molar-refractivity contribution is 7.80. The highest BCUT2D eigenvalue weighted by Crippen LogP contribution is 2.30. The summed E-state index contributed by atoms with van der Waals surface area (Å²) < 4.78 is 13.3. The standard InChI is InChI=1S/C23H34N6O4S/c1-18-15-24-17-29(18)7-3-6-25-23(34)26-19-4-5-20(21(14-19)32-2)33-16-22(31)28-10-8-27(9-11-28)12-13-30/h4-5,14-15,17,30H,3,6-13,16H2,1-2H3,(H2,25,26,34). The van der Waals surface area contributed by atoms with Crippen LogP contribution in [0, 0.1) is 6.92 Å². The lowest BCUT2D eigenvalue weighted by Crippen LogP contribution is -2.50. The van der Waals surface area contributed by atoms with Crippen LogP contribution in [0.15, 0.2) is 30.7 Å². The number of β-amino-alcohol motifs (C(OH)–C–C–N with tert-alkyl or cyclic N) is 1. The van der Waals surface area contributed by atoms with E-state index >= 15 is 0 Å². The maximum absolute atomic E-state index is 12.5. The number of aromatic nitrogens is 2. The molecule has 186 valence electrons. The number of nitrogens with zero attached hydrogens (tertiary/aromatic N) is 4. The number of thiocarbonyl (C=S) groups is 1. The van der Waals surface area contributed by atoms with Crippen molar-refractivity contribution in [2.45, 2.75) is 19.9 Å². The van der Waals surface area contributed by atoms with Crippen molar-refractivity contribution in [2.24, 2.45) is 0 Å². The molecule has 0 saturated carbocycles. The number of carbonyl (C=O) groups excluding carboxylic acids is 1. The van der Waals surface area contributed by atoms with Crippen LogP contribution in [0.1, 0.15) is 12.1 Å². The van der Waals surface area contributed by atoms with Gasteiger partial charge in [-0.2, -0.15) is 0 Å². The molecule has 1 aliphatic heterocycles. The normalized spacial score (nSPS) is 14.0. The molecule has 0 unspecified atom stereocenters. The molecule has 10 nitrogen and oxygen atoms in total. The number of methoxy groups -OCH3 is 1. The van der Waals surface area contributed by atoms with Gasteiger partial charge in [0.2, 0.25) is 0 Å². The first-order valence-corrected chi connectivity index (χ1v) is 11.8. The van der Waals surface area contributed by atoms with Crippen molar-refractivity contribution in [3.63, 3.8) is 0 Å². The summed E-state index contributed by atoms with van der Waals surface area (Å²) in [5.41, 5.74) is 1.90. The summed E-state index contributed by atoms with van der Waals surface area (Å²) in [6.45, 7) is 7.14. The van der Waals surface area contributed by atoms with Crippen LogP contribution in [-0.4, -0.2) is 95.1 Å². The van der Waals surface area contributed by atoms with Gasteiger partial charge in [0, 0.05) is 69.5 Å². The molecule has 0 atom stereocenters. The Bertz CT molecular complexity index is 945. The van der Waals surface area contributed by atoms with Crippen LogP contribution in [0.3, 0.4) is 0 Å². The van der Waals surface area contributed by atoms with Gasteiger partial charge in [-0.25, -0.2) is 4.98 Å². The van der Waals surface area contributed by atoms with Crippen molar-refractivity contribution in [3.05, 3.63) is 36.4 Å². The number of imidazole rings is 1. The third-order valence-electron chi connectivity index (χ3n) is 5.70. The molecule has 2 heterocycles. The first kappa shape index (κ1) is 25.7. The number of piperazine rings is 1. The first-order valence-electron chi connectivity index (χ1n) is 11.4. The summed E-state index contributed by atoms with van der Waals surface area (Å²) in [6, 6.07) is 5.38. The minimum atomic E-state index is -0.0656. The number of carbonyl (C=O) groups is 1. The summed E-state index contributed by atoms with van der Waals surface area (Å²) in [5.74, 6) is 0.947. The Kier molecular flexibility index (Phi) is 9.92. The van der Waals surface area contributed by atoms with Gasteiger partial charge in [0.15, 0.2) is 23.2 Å². The molecule has 1 saturated heterocycles. The van der Waals surface area contributed by atoms with Crippen molar-refractivity contribution in [3.8, 4) is 11.5 Å². The van der Waals surface area contributed by atoms with Crippen LogP contribution in [0.4, 0.5) is 5.69 Å². The lowest BCUT2D eigenvalue weighted by atomic mass is 10.2. The molecule has 1 aliphatic rings. The van der Waals surface area contributed by atoms with Gasteiger partial charge in [-0.15, -0.1) is 0 Å². The average Bonchev–Trinajstić information content (AvgIpc) is 3.25. The minimum absolute atomic E-state index is 0.0561. The lowest BCUT2D eigenvalue weighted by molar-refractivity contribution is -0.135. The number of aryl methyl sites for hydroxylation is 2. The summed E-state index contributed by atoms with van der Waals surface area (Å²) in [5, 5.41) is 15.9. The molecular formula is C23H34N6O4S. The Morgan fingerprint density at radius 1 is 1.21 bits per heavy atom. The second-order valence-corrected chi connectivity index (χ2v) is 8.47. The Balaban J connectivity index is 1.42. The number of amides is 1. The van der Waals surface area contributed by atoms with E-state index in [0.29, 0.717) is 36.2 Å². The van der Waals surface area contributed by atoms with Crippen molar-refractivity contribution in [2.75, 3.05) is 64.9 Å². The van der Waals surface area contributed by atoms with E-state index in [-0.39, 0.29) is 19.1 Å². The van der Waals surface area contributed by atoms with Gasteiger partial charge in [0.25, 0.3) is 5.91 Å². The van der Waals surface area contributed by atoms with Gasteiger partial charge in [-0.05, 0) is 37.7 Å². The van der Waals surface area contributed by atoms with Gasteiger partial charge in [-0.3, -0.25) is 9.69 Å². The van der Waals surface area contributed by atoms with Crippen LogP contribution in [-0.2, 0) is 11.3 Å². The number of rotatable bonds is 11. The number of aliphatic hydroxyl groups is 1. The van der Waals surface area contributed by atoms with Gasteiger partial charge >= 0.3 is 0 Å². The number of anilines is 1. The molecule has 0 radical (unpaired) electrons. The Hall–Kier alpha value is -2.89. The van der Waals surface area contributed by atoms with E-state index in [9.17, 15) is 4.79 Å². The highest BCUT2D eigenvalue weighted by atomic mass is 32.1. The summed E-state index contributed by atoms with van der Waals surface area (Å²) >= 11 is 5.39. The summed E-state index contributed by atoms with van der Waals surface area (Å²) in [6.07, 6.45) is 4.59. The minimum Gasteiger partial charge on any atom is -0.493 e. The van der Waals surface area contributed by atoms with Crippen LogP contribution in [0.5, 0.6) is 11.5 Å². The van der Waals surface area contributed by atoms with E-state index in [1.165, 1.54) is 0 Å². The molecule has 0 aliphatic carbocycles. The van der Waals surface area contributed by atoms with Crippen molar-refractivity contribution >= 4 is 28.9 Å². The van der Waals surface area contributed by atoms with E-state index in [4.69, 9.17) is 26.8 Å². The van der Waals surface area contributed by atoms with Gasteiger partial charge in [0.1, 0.15) is 0 Å². The molecule has 34 heavy (non-hydrogen) atoms. The molecule has 1 fully saturated rings. The zero-order valence-corrected chi connectivity index (χ0v) is 20.6. The van der Waals surface area contributed by atoms with Crippen molar-refractivity contribution < 1.29 is 19.4 Å². The molecule has 1 amide bonds. The zero-order valence-electron chi connectivity index (χ0n) is 19.8.